The summed E-state index contributed by atoms with van der Waals surface area (Å²) in [4.78, 5) is 141. The number of carboxylic acids is 1. The third-order valence-electron chi connectivity index (χ3n) is 19.0. The van der Waals surface area contributed by atoms with E-state index in [1.807, 2.05) is 220 Å². The van der Waals surface area contributed by atoms with Crippen molar-refractivity contribution in [3.63, 3.8) is 0 Å². The number of nitrogens with zero attached hydrogens (tertiary/aromatic N) is 7. The Morgan fingerprint density at radius 1 is 0.432 bits per heavy atom. The molecule has 1 aliphatic heterocycles. The Labute approximate surface area is 721 Å². The minimum atomic E-state index is -1.57. The third kappa shape index (κ3) is 27.9. The number of ether oxygens (including phenoxy) is 3. The molecule has 3 atom stereocenters. The second-order valence-electron chi connectivity index (χ2n) is 27.5. The molecule has 0 unspecified atom stereocenters. The first-order valence-corrected chi connectivity index (χ1v) is 41.7. The van der Waals surface area contributed by atoms with Crippen LogP contribution >= 0.6 is 23.8 Å². The Morgan fingerprint density at radius 2 is 0.720 bits per heavy atom. The van der Waals surface area contributed by atoms with Gasteiger partial charge in [-0.1, -0.05) is 224 Å². The Morgan fingerprint density at radius 3 is 1.01 bits per heavy atom. The van der Waals surface area contributed by atoms with E-state index in [4.69, 9.17) is 36.9 Å². The number of esters is 3. The van der Waals surface area contributed by atoms with E-state index >= 15 is 0 Å². The summed E-state index contributed by atoms with van der Waals surface area (Å²) >= 11 is 0. The number of rotatable bonds is 33. The Balaban J connectivity index is 0.000000443. The molecule has 31 heteroatoms. The molecule has 27 nitrogen and oxygen atoms in total. The number of amides is 5. The summed E-state index contributed by atoms with van der Waals surface area (Å²) in [7, 11) is 0.0638. The fourth-order valence-corrected chi connectivity index (χ4v) is 20.7. The number of aliphatic carboxylic acids is 1. The zero-order valence-corrected chi connectivity index (χ0v) is 70.8. The number of carboxylic acid groups (broad SMARTS) is 1. The Hall–Kier alpha value is -10.4. The summed E-state index contributed by atoms with van der Waals surface area (Å²) in [6.45, 7) is 5.88. The van der Waals surface area contributed by atoms with Crippen molar-refractivity contribution >= 4 is 131 Å². The van der Waals surface area contributed by atoms with Gasteiger partial charge in [-0.15, -0.1) is 0 Å². The molecule has 9 aromatic rings. The molecule has 0 saturated carbocycles. The van der Waals surface area contributed by atoms with Crippen LogP contribution in [0.5, 0.6) is 0 Å². The van der Waals surface area contributed by atoms with Crippen molar-refractivity contribution in [2.24, 2.45) is 22.3 Å². The molecule has 118 heavy (non-hydrogen) atoms. The van der Waals surface area contributed by atoms with Crippen LogP contribution in [0.25, 0.3) is 10.4 Å². The van der Waals surface area contributed by atoms with E-state index in [-0.39, 0.29) is 115 Å². The number of nitrogens with two attached hydrogens (primary N) is 3. The zero-order chi connectivity index (χ0) is 83.8. The summed E-state index contributed by atoms with van der Waals surface area (Å²) < 4.78 is 16.0. The molecule has 1 fully saturated rings. The molecule has 0 bridgehead atoms. The predicted molar refractivity (Wildman–Crippen MR) is 457 cm³/mol. The van der Waals surface area contributed by atoms with Crippen molar-refractivity contribution in [3.8, 4) is 0 Å². The number of carbonyl (C=O) groups excluding carboxylic acids is 9. The number of primary amides is 2. The van der Waals surface area contributed by atoms with E-state index in [0.29, 0.717) is 85.2 Å². The molecule has 0 spiro atoms. The van der Waals surface area contributed by atoms with E-state index in [1.165, 1.54) is 28.3 Å². The van der Waals surface area contributed by atoms with Gasteiger partial charge in [0.2, 0.25) is 29.5 Å². The molecular formula is C87H96GdN13O14P3. The summed E-state index contributed by atoms with van der Waals surface area (Å²) in [5.74, 6) is -6.00. The minimum Gasteiger partial charge on any atom is -0.480 e. The maximum absolute atomic E-state index is 14.9. The first-order valence-electron chi connectivity index (χ1n) is 37.7. The van der Waals surface area contributed by atoms with E-state index < -0.39 is 89.4 Å². The van der Waals surface area contributed by atoms with Crippen molar-refractivity contribution in [2.45, 2.75) is 44.3 Å². The van der Waals surface area contributed by atoms with Crippen LogP contribution in [-0.2, 0) is 67.0 Å². The van der Waals surface area contributed by atoms with E-state index in [9.17, 15) is 53.1 Å². The molecule has 10 rings (SSSR count). The van der Waals surface area contributed by atoms with Crippen LogP contribution in [0.1, 0.15) is 54.7 Å². The fourth-order valence-electron chi connectivity index (χ4n) is 13.4. The van der Waals surface area contributed by atoms with Crippen molar-refractivity contribution in [1.82, 2.24) is 35.6 Å². The van der Waals surface area contributed by atoms with Gasteiger partial charge < -0.3 is 52.5 Å². The van der Waals surface area contributed by atoms with Gasteiger partial charge in [-0.05, 0) is 125 Å². The van der Waals surface area contributed by atoms with Gasteiger partial charge in [-0.3, -0.25) is 48.4 Å². The Bertz CT molecular complexity index is 4790. The molecule has 1 saturated heterocycles. The first-order chi connectivity index (χ1) is 56.5. The van der Waals surface area contributed by atoms with Crippen LogP contribution in [0.3, 0.4) is 0 Å². The number of nitrogens with one attached hydrogen (secondary N) is 3. The zero-order valence-electron chi connectivity index (χ0n) is 65.9. The predicted octanol–water partition coefficient (Wildman–Crippen LogP) is 3.88. The maximum Gasteiger partial charge on any atom is 0.338 e. The summed E-state index contributed by atoms with van der Waals surface area (Å²) in [5.41, 5.74) is 28.0. The molecule has 616 valence electrons. The summed E-state index contributed by atoms with van der Waals surface area (Å²) in [6.07, 6.45) is -0.558. The van der Waals surface area contributed by atoms with Gasteiger partial charge in [0.25, 0.3) is 0 Å². The van der Waals surface area contributed by atoms with Crippen LogP contribution in [0.15, 0.2) is 242 Å². The molecule has 0 radical (unpaired) electrons. The number of benzene rings is 9. The molecule has 1 heterocycles. The van der Waals surface area contributed by atoms with Crippen molar-refractivity contribution in [1.29, 1.82) is 0 Å². The van der Waals surface area contributed by atoms with E-state index in [0.717, 1.165) is 37.1 Å². The monoisotopic (exact) mass is 1800 g/mol. The van der Waals surface area contributed by atoms with E-state index in [2.05, 4.69) is 26.0 Å². The molecule has 10 N–H and O–H groups in total. The molecule has 0 aliphatic carbocycles. The van der Waals surface area contributed by atoms with Crippen LogP contribution in [-0.4, -0.2) is 209 Å². The fraction of sp³-hybridized carbons (Fsp3) is 0.264. The molecule has 1 aliphatic rings. The standard InChI is InChI=1S/C69H62N3O10P3.C18H34N10O4.Gd/c1-80-67(77)55-40-46(34-37-61(55)83(49-22-10-4-11-23-49)50-24-12-5-13-25-50)43-58(70)64(73)71-59(44-47-35-38-62(56(41-47)68(78)81-2)84(51-26-14-6-15-27-51)52-28-16-7-17-29-52)65(74)72-60(66(75)76)45-48-36-39-63(57(42-48)69(79)82-3)85(53-30-18-8-19-31-53)54-32-20-9-21-33-54;1-15(29)10-25-2-4-26(11-16(19)30)6-8-28(13-18(32)22-14-23-24-21)9-7-27(5-3-25)12-17(20)31;/h4-42,58-60H,43-45,70H2,1-3H3,(H,71,73)(H,72,74)(H,75,76);2-14H2,1H3,(H2,19,30)(H2,20,31)(H,22,32);/t58-,59-,60-;;/m0../s1. The first kappa shape index (κ1) is 93.1. The van der Waals surface area contributed by atoms with Crippen LogP contribution in [0.2, 0.25) is 0 Å². The van der Waals surface area contributed by atoms with Crippen LogP contribution in [0, 0.1) is 39.9 Å². The average Bonchev–Trinajstić information content (AvgIpc) is 0.795. The molecular weight excluding hydrogens is 1700 g/mol. The van der Waals surface area contributed by atoms with Crippen LogP contribution in [0.4, 0.5) is 0 Å². The summed E-state index contributed by atoms with van der Waals surface area (Å²) in [6, 6.07) is 70.2. The molecule has 5 amide bonds. The number of Topliss-reactive ketones (excluding diaryl/α,β-unsaturated/α-hetero) is 1. The molecule has 0 aromatic heterocycles. The third-order valence-corrected chi connectivity index (χ3v) is 26.5. The smallest absolute Gasteiger partial charge is 0.338 e. The number of hydrogen-bond donors (Lipinski definition) is 7. The van der Waals surface area contributed by atoms with Gasteiger partial charge in [-0.25, -0.2) is 19.2 Å². The van der Waals surface area contributed by atoms with Gasteiger partial charge in [0.15, 0.2) is 0 Å². The minimum absolute atomic E-state index is 0. The van der Waals surface area contributed by atoms with Gasteiger partial charge >= 0.3 is 23.9 Å². The summed E-state index contributed by atoms with van der Waals surface area (Å²) in [5, 5.41) is 30.2. The van der Waals surface area contributed by atoms with Gasteiger partial charge in [-0.2, -0.15) is 0 Å². The Kier molecular flexibility index (Phi) is 37.8. The van der Waals surface area contributed by atoms with Crippen molar-refractivity contribution in [3.05, 3.63) is 280 Å². The van der Waals surface area contributed by atoms with E-state index in [1.54, 1.807) is 36.4 Å². The van der Waals surface area contributed by atoms with Crippen molar-refractivity contribution < 1.29 is 107 Å². The van der Waals surface area contributed by atoms with Crippen molar-refractivity contribution in [2.75, 3.05) is 107 Å². The second kappa shape index (κ2) is 47.9. The largest absolute Gasteiger partial charge is 0.480 e. The number of azide groups is 1. The SMILES string of the molecule is CC(=O)CN1CCN(CC(N)=O)CCN(CC(=O)NCN=[N+]=[N-])CCN(CC(N)=O)CC1.COC(=O)c1cc(C[C@H](NC(=O)[C@H](Cc2ccc(P(c3ccccc3)c3ccccc3)c(C(=O)OC)c2)NC(=O)[C@@H](N)Cc2ccc(P(c3ccccc3)c3ccccc3)c(C(=O)OC)c2)C(=O)O)ccc1P(c1ccccc1)c1ccccc1.[Gd]. The van der Waals surface area contributed by atoms with Gasteiger partial charge in [0, 0.05) is 110 Å². The van der Waals surface area contributed by atoms with Gasteiger partial charge in [0.1, 0.15) is 17.9 Å². The number of methoxy groups -OCH3 is 3. The number of hydrogen-bond acceptors (Lipinski definition) is 19. The maximum atomic E-state index is 14.9. The number of ketones is 1. The quantitative estimate of drug-likeness (QED) is 0.00766. The topological polar surface area (TPSA) is 394 Å². The van der Waals surface area contributed by atoms with Crippen LogP contribution < -0.4 is 80.9 Å². The van der Waals surface area contributed by atoms with Gasteiger partial charge in [0.05, 0.1) is 76.9 Å². The average molecular weight is 1800 g/mol. The molecule has 9 aromatic carbocycles. The normalized spacial score (nSPS) is 13.7. The number of carbonyl (C=O) groups is 10. The second-order valence-corrected chi connectivity index (χ2v) is 34.0.